The van der Waals surface area contributed by atoms with Crippen molar-refractivity contribution in [3.8, 4) is 0 Å². The van der Waals surface area contributed by atoms with Gasteiger partial charge in [-0.25, -0.2) is 0 Å². The highest BCUT2D eigenvalue weighted by molar-refractivity contribution is 5.78. The summed E-state index contributed by atoms with van der Waals surface area (Å²) in [5, 5.41) is 0. The summed E-state index contributed by atoms with van der Waals surface area (Å²) in [6, 6.07) is 0. The number of hydrogen-bond acceptors (Lipinski definition) is 2. The molecule has 1 saturated heterocycles. The average molecular weight is 194 g/mol. The maximum Gasteiger partial charge on any atom is 0.312 e. The van der Waals surface area contributed by atoms with Crippen molar-refractivity contribution in [1.82, 2.24) is 0 Å². The Hall–Kier alpha value is -1.05. The fourth-order valence-electron chi connectivity index (χ4n) is 1.95. The highest BCUT2D eigenvalue weighted by Crippen LogP contribution is 2.39. The number of carbonyl (C=O) groups is 1. The van der Waals surface area contributed by atoms with E-state index < -0.39 is 0 Å². The lowest BCUT2D eigenvalue weighted by atomic mass is 9.75. The van der Waals surface area contributed by atoms with Crippen molar-refractivity contribution >= 4 is 5.97 Å². The molecule has 2 nitrogen and oxygen atoms in total. The Morgan fingerprint density at radius 3 is 2.50 bits per heavy atom. The third-order valence-corrected chi connectivity index (χ3v) is 2.84. The molecule has 0 aromatic heterocycles. The van der Waals surface area contributed by atoms with Crippen molar-refractivity contribution in [3.05, 3.63) is 25.3 Å². The number of rotatable bonds is 4. The molecular formula is C12H18O2. The molecule has 14 heavy (non-hydrogen) atoms. The topological polar surface area (TPSA) is 26.3 Å². The Labute approximate surface area is 85.6 Å². The first-order valence-electron chi connectivity index (χ1n) is 5.07. The van der Waals surface area contributed by atoms with Gasteiger partial charge in [-0.3, -0.25) is 4.79 Å². The van der Waals surface area contributed by atoms with E-state index >= 15 is 0 Å². The summed E-state index contributed by atoms with van der Waals surface area (Å²) in [6.07, 6.45) is 6.83. The van der Waals surface area contributed by atoms with Crippen LogP contribution in [0.15, 0.2) is 25.3 Å². The Bertz CT molecular complexity index is 233. The molecule has 0 spiro atoms. The summed E-state index contributed by atoms with van der Waals surface area (Å²) in [6.45, 7) is 9.32. The van der Waals surface area contributed by atoms with Gasteiger partial charge < -0.3 is 4.74 Å². The molecule has 0 aromatic carbocycles. The number of cyclic esters (lactones) is 1. The van der Waals surface area contributed by atoms with Gasteiger partial charge in [0.2, 0.25) is 0 Å². The lowest BCUT2D eigenvalue weighted by Crippen LogP contribution is -2.39. The van der Waals surface area contributed by atoms with Gasteiger partial charge in [0, 0.05) is 0 Å². The zero-order valence-corrected chi connectivity index (χ0v) is 8.79. The second-order valence-corrected chi connectivity index (χ2v) is 4.02. The van der Waals surface area contributed by atoms with Crippen molar-refractivity contribution in [3.63, 3.8) is 0 Å². The summed E-state index contributed by atoms with van der Waals surface area (Å²) < 4.78 is 5.27. The standard InChI is InChI=1S/C12H18O2/c1-4-7-12(8-5-2)9-6-10(3)14-11(12)13/h4-5,10H,1-2,6-9H2,3H3. The molecule has 0 bridgehead atoms. The first-order valence-corrected chi connectivity index (χ1v) is 5.07. The van der Waals surface area contributed by atoms with Gasteiger partial charge in [0.15, 0.2) is 0 Å². The van der Waals surface area contributed by atoms with E-state index in [1.807, 2.05) is 6.92 Å². The summed E-state index contributed by atoms with van der Waals surface area (Å²) in [5.74, 6) is -0.0870. The molecule has 0 radical (unpaired) electrons. The predicted octanol–water partition coefficient (Wildman–Crippen LogP) is 2.85. The van der Waals surface area contributed by atoms with Crippen LogP contribution in [0.5, 0.6) is 0 Å². The van der Waals surface area contributed by atoms with E-state index in [0.717, 1.165) is 12.8 Å². The second-order valence-electron chi connectivity index (χ2n) is 4.02. The third kappa shape index (κ3) is 2.06. The Kier molecular flexibility index (Phi) is 3.50. The number of carbonyl (C=O) groups excluding carboxylic acids is 1. The molecule has 1 fully saturated rings. The monoisotopic (exact) mass is 194 g/mol. The van der Waals surface area contributed by atoms with Crippen LogP contribution < -0.4 is 0 Å². The molecular weight excluding hydrogens is 176 g/mol. The van der Waals surface area contributed by atoms with Crippen LogP contribution in [0.3, 0.4) is 0 Å². The Balaban J connectivity index is 2.79. The predicted molar refractivity (Wildman–Crippen MR) is 56.8 cm³/mol. The lowest BCUT2D eigenvalue weighted by Gasteiger charge is -2.36. The van der Waals surface area contributed by atoms with Gasteiger partial charge in [-0.15, -0.1) is 13.2 Å². The summed E-state index contributed by atoms with van der Waals surface area (Å²) in [5.41, 5.74) is -0.379. The van der Waals surface area contributed by atoms with Gasteiger partial charge in [0.25, 0.3) is 0 Å². The molecule has 1 unspecified atom stereocenters. The zero-order valence-electron chi connectivity index (χ0n) is 8.79. The third-order valence-electron chi connectivity index (χ3n) is 2.84. The maximum atomic E-state index is 11.8. The molecule has 1 rings (SSSR count). The molecule has 1 atom stereocenters. The first-order chi connectivity index (χ1) is 6.64. The van der Waals surface area contributed by atoms with Gasteiger partial charge in [0.05, 0.1) is 11.5 Å². The van der Waals surface area contributed by atoms with Gasteiger partial charge in [-0.2, -0.15) is 0 Å². The molecule has 0 saturated carbocycles. The van der Waals surface area contributed by atoms with E-state index in [-0.39, 0.29) is 17.5 Å². The largest absolute Gasteiger partial charge is 0.462 e. The van der Waals surface area contributed by atoms with Crippen LogP contribution >= 0.6 is 0 Å². The van der Waals surface area contributed by atoms with E-state index in [1.54, 1.807) is 12.2 Å². The molecule has 1 aliphatic heterocycles. The number of hydrogen-bond donors (Lipinski definition) is 0. The molecule has 0 N–H and O–H groups in total. The summed E-state index contributed by atoms with van der Waals surface area (Å²) >= 11 is 0. The van der Waals surface area contributed by atoms with Gasteiger partial charge in [0.1, 0.15) is 0 Å². The van der Waals surface area contributed by atoms with E-state index in [0.29, 0.717) is 12.8 Å². The van der Waals surface area contributed by atoms with E-state index in [2.05, 4.69) is 13.2 Å². The molecule has 1 aliphatic rings. The lowest BCUT2D eigenvalue weighted by molar-refractivity contribution is -0.168. The highest BCUT2D eigenvalue weighted by Gasteiger charge is 2.41. The molecule has 78 valence electrons. The average Bonchev–Trinajstić information content (AvgIpc) is 2.13. The van der Waals surface area contributed by atoms with E-state index in [9.17, 15) is 4.79 Å². The van der Waals surface area contributed by atoms with Crippen LogP contribution in [0.25, 0.3) is 0 Å². The molecule has 0 amide bonds. The zero-order chi connectivity index (χ0) is 10.6. The number of esters is 1. The quantitative estimate of drug-likeness (QED) is 0.508. The summed E-state index contributed by atoms with van der Waals surface area (Å²) in [4.78, 5) is 11.8. The van der Waals surface area contributed by atoms with Crippen LogP contribution in [0.2, 0.25) is 0 Å². The Morgan fingerprint density at radius 1 is 1.50 bits per heavy atom. The summed E-state index contributed by atoms with van der Waals surface area (Å²) in [7, 11) is 0. The van der Waals surface area contributed by atoms with Crippen molar-refractivity contribution < 1.29 is 9.53 Å². The fraction of sp³-hybridized carbons (Fsp3) is 0.583. The van der Waals surface area contributed by atoms with Crippen molar-refractivity contribution in [2.24, 2.45) is 5.41 Å². The molecule has 0 aliphatic carbocycles. The highest BCUT2D eigenvalue weighted by atomic mass is 16.5. The van der Waals surface area contributed by atoms with Crippen LogP contribution in [0.1, 0.15) is 32.6 Å². The van der Waals surface area contributed by atoms with Crippen LogP contribution in [-0.4, -0.2) is 12.1 Å². The van der Waals surface area contributed by atoms with Crippen molar-refractivity contribution in [2.75, 3.05) is 0 Å². The van der Waals surface area contributed by atoms with Gasteiger partial charge >= 0.3 is 5.97 Å². The first kappa shape index (κ1) is 11.0. The fourth-order valence-corrected chi connectivity index (χ4v) is 1.95. The number of ether oxygens (including phenoxy) is 1. The van der Waals surface area contributed by atoms with Crippen molar-refractivity contribution in [1.29, 1.82) is 0 Å². The minimum atomic E-state index is -0.379. The van der Waals surface area contributed by atoms with Crippen LogP contribution in [-0.2, 0) is 9.53 Å². The van der Waals surface area contributed by atoms with Gasteiger partial charge in [-0.1, -0.05) is 12.2 Å². The molecule has 0 aromatic rings. The van der Waals surface area contributed by atoms with Crippen molar-refractivity contribution in [2.45, 2.75) is 38.7 Å². The molecule has 2 heteroatoms. The van der Waals surface area contributed by atoms with Crippen LogP contribution in [0, 0.1) is 5.41 Å². The second kappa shape index (κ2) is 4.45. The number of allylic oxidation sites excluding steroid dienone is 2. The molecule has 1 heterocycles. The minimum Gasteiger partial charge on any atom is -0.462 e. The van der Waals surface area contributed by atoms with E-state index in [4.69, 9.17) is 4.74 Å². The minimum absolute atomic E-state index is 0.0604. The van der Waals surface area contributed by atoms with E-state index in [1.165, 1.54) is 0 Å². The SMILES string of the molecule is C=CCC1(CC=C)CCC(C)OC1=O. The maximum absolute atomic E-state index is 11.8. The van der Waals surface area contributed by atoms with Gasteiger partial charge in [-0.05, 0) is 32.6 Å². The Morgan fingerprint density at radius 2 is 2.07 bits per heavy atom. The smallest absolute Gasteiger partial charge is 0.312 e. The normalized spacial score (nSPS) is 25.2. The van der Waals surface area contributed by atoms with Crippen LogP contribution in [0.4, 0.5) is 0 Å².